The van der Waals surface area contributed by atoms with Crippen molar-refractivity contribution in [3.05, 3.63) is 6.07 Å². The summed E-state index contributed by atoms with van der Waals surface area (Å²) >= 11 is 0. The molecular weight excluding hydrogens is 220 g/mol. The molecule has 6 heteroatoms. The van der Waals surface area contributed by atoms with Crippen molar-refractivity contribution in [3.63, 3.8) is 0 Å². The minimum absolute atomic E-state index is 0.203. The molecule has 0 aromatic carbocycles. The zero-order chi connectivity index (χ0) is 12.5. The number of aliphatic hydroxyl groups is 1. The Morgan fingerprint density at radius 2 is 2.18 bits per heavy atom. The van der Waals surface area contributed by atoms with Crippen molar-refractivity contribution in [2.75, 3.05) is 30.8 Å². The van der Waals surface area contributed by atoms with Crippen molar-refractivity contribution in [3.8, 4) is 5.88 Å². The highest BCUT2D eigenvalue weighted by molar-refractivity contribution is 5.42. The molecule has 0 saturated heterocycles. The third-order valence-corrected chi connectivity index (χ3v) is 2.13. The van der Waals surface area contributed by atoms with Gasteiger partial charge in [0.15, 0.2) is 0 Å². The Bertz CT molecular complexity index is 333. The molecule has 0 radical (unpaired) electrons. The number of rotatable bonds is 8. The van der Waals surface area contributed by atoms with Crippen LogP contribution in [0.2, 0.25) is 0 Å². The molecule has 96 valence electrons. The van der Waals surface area contributed by atoms with Gasteiger partial charge in [0.25, 0.3) is 0 Å². The van der Waals surface area contributed by atoms with Crippen molar-refractivity contribution in [1.29, 1.82) is 0 Å². The Labute approximate surface area is 101 Å². The van der Waals surface area contributed by atoms with Crippen LogP contribution >= 0.6 is 0 Å². The van der Waals surface area contributed by atoms with Crippen LogP contribution < -0.4 is 15.8 Å². The molecule has 0 atom stereocenters. The van der Waals surface area contributed by atoms with Gasteiger partial charge in [-0.1, -0.05) is 0 Å². The number of anilines is 2. The fraction of sp³-hybridized carbons (Fsp3) is 0.636. The SMILES string of the molecule is CCNc1cc(OCCCCCO)nc(N)n1. The highest BCUT2D eigenvalue weighted by Gasteiger charge is 2.02. The monoisotopic (exact) mass is 240 g/mol. The molecule has 17 heavy (non-hydrogen) atoms. The van der Waals surface area contributed by atoms with Gasteiger partial charge in [-0.2, -0.15) is 9.97 Å². The third-order valence-electron chi connectivity index (χ3n) is 2.13. The van der Waals surface area contributed by atoms with Gasteiger partial charge in [-0.05, 0) is 26.2 Å². The second kappa shape index (κ2) is 7.67. The first-order valence-electron chi connectivity index (χ1n) is 5.88. The summed E-state index contributed by atoms with van der Waals surface area (Å²) in [5.41, 5.74) is 5.57. The minimum atomic E-state index is 0.203. The maximum Gasteiger partial charge on any atom is 0.225 e. The molecule has 0 unspecified atom stereocenters. The largest absolute Gasteiger partial charge is 0.477 e. The number of aromatic nitrogens is 2. The number of hydrogen-bond acceptors (Lipinski definition) is 6. The highest BCUT2D eigenvalue weighted by Crippen LogP contribution is 2.14. The number of nitrogens with one attached hydrogen (secondary N) is 1. The summed E-state index contributed by atoms with van der Waals surface area (Å²) in [5, 5.41) is 11.7. The van der Waals surface area contributed by atoms with Gasteiger partial charge < -0.3 is 20.9 Å². The molecule has 0 aliphatic carbocycles. The van der Waals surface area contributed by atoms with Crippen molar-refractivity contribution in [2.45, 2.75) is 26.2 Å². The van der Waals surface area contributed by atoms with E-state index in [1.54, 1.807) is 6.07 Å². The van der Waals surface area contributed by atoms with E-state index in [0.29, 0.717) is 18.3 Å². The molecule has 0 bridgehead atoms. The first kappa shape index (κ1) is 13.5. The summed E-state index contributed by atoms with van der Waals surface area (Å²) in [6.45, 7) is 3.55. The maximum absolute atomic E-state index is 8.63. The number of aliphatic hydroxyl groups excluding tert-OH is 1. The van der Waals surface area contributed by atoms with Gasteiger partial charge in [0.2, 0.25) is 11.8 Å². The summed E-state index contributed by atoms with van der Waals surface area (Å²) in [7, 11) is 0. The smallest absolute Gasteiger partial charge is 0.225 e. The highest BCUT2D eigenvalue weighted by atomic mass is 16.5. The quantitative estimate of drug-likeness (QED) is 0.588. The molecule has 0 aliphatic rings. The molecule has 0 fully saturated rings. The zero-order valence-electron chi connectivity index (χ0n) is 10.1. The maximum atomic E-state index is 8.63. The van der Waals surface area contributed by atoms with E-state index in [0.717, 1.165) is 25.8 Å². The molecule has 1 aromatic heterocycles. The molecule has 0 aliphatic heterocycles. The fourth-order valence-electron chi connectivity index (χ4n) is 1.36. The topological polar surface area (TPSA) is 93.3 Å². The van der Waals surface area contributed by atoms with Crippen molar-refractivity contribution in [1.82, 2.24) is 9.97 Å². The fourth-order valence-corrected chi connectivity index (χ4v) is 1.36. The van der Waals surface area contributed by atoms with Crippen LogP contribution in [0.15, 0.2) is 6.07 Å². The summed E-state index contributed by atoms with van der Waals surface area (Å²) in [5.74, 6) is 1.36. The van der Waals surface area contributed by atoms with E-state index in [9.17, 15) is 0 Å². The normalized spacial score (nSPS) is 10.2. The van der Waals surface area contributed by atoms with Crippen LogP contribution in [0.5, 0.6) is 5.88 Å². The number of unbranched alkanes of at least 4 members (excludes halogenated alkanes) is 2. The molecular formula is C11H20N4O2. The molecule has 4 N–H and O–H groups in total. The number of nitrogen functional groups attached to an aromatic ring is 1. The molecule has 6 nitrogen and oxygen atoms in total. The predicted molar refractivity (Wildman–Crippen MR) is 67.0 cm³/mol. The second-order valence-corrected chi connectivity index (χ2v) is 3.61. The first-order chi connectivity index (χ1) is 8.26. The van der Waals surface area contributed by atoms with E-state index in [1.165, 1.54) is 0 Å². The number of hydrogen-bond donors (Lipinski definition) is 3. The van der Waals surface area contributed by atoms with E-state index in [4.69, 9.17) is 15.6 Å². The lowest BCUT2D eigenvalue weighted by molar-refractivity contribution is 0.262. The van der Waals surface area contributed by atoms with Gasteiger partial charge in [0, 0.05) is 19.2 Å². The van der Waals surface area contributed by atoms with Crippen LogP contribution in [0.3, 0.4) is 0 Å². The predicted octanol–water partition coefficient (Wildman–Crippen LogP) is 1.03. The minimum Gasteiger partial charge on any atom is -0.477 e. The summed E-state index contributed by atoms with van der Waals surface area (Å²) in [4.78, 5) is 8.01. The first-order valence-corrected chi connectivity index (χ1v) is 5.88. The lowest BCUT2D eigenvalue weighted by Gasteiger charge is -2.08. The van der Waals surface area contributed by atoms with Crippen LogP contribution in [0.1, 0.15) is 26.2 Å². The Morgan fingerprint density at radius 1 is 1.35 bits per heavy atom. The van der Waals surface area contributed by atoms with E-state index < -0.39 is 0 Å². The van der Waals surface area contributed by atoms with Crippen LogP contribution in [-0.4, -0.2) is 34.8 Å². The Morgan fingerprint density at radius 3 is 2.88 bits per heavy atom. The van der Waals surface area contributed by atoms with Crippen LogP contribution in [0.25, 0.3) is 0 Å². The van der Waals surface area contributed by atoms with E-state index in [-0.39, 0.29) is 12.6 Å². The van der Waals surface area contributed by atoms with Gasteiger partial charge >= 0.3 is 0 Å². The Hall–Kier alpha value is -1.56. The molecule has 0 spiro atoms. The van der Waals surface area contributed by atoms with Gasteiger partial charge in [-0.3, -0.25) is 0 Å². The summed E-state index contributed by atoms with van der Waals surface area (Å²) < 4.78 is 5.47. The molecule has 1 aromatic rings. The van der Waals surface area contributed by atoms with E-state index >= 15 is 0 Å². The van der Waals surface area contributed by atoms with E-state index in [1.807, 2.05) is 6.92 Å². The van der Waals surface area contributed by atoms with Crippen LogP contribution in [-0.2, 0) is 0 Å². The van der Waals surface area contributed by atoms with Crippen molar-refractivity contribution >= 4 is 11.8 Å². The average Bonchev–Trinajstić information content (AvgIpc) is 2.28. The van der Waals surface area contributed by atoms with E-state index in [2.05, 4.69) is 15.3 Å². The lowest BCUT2D eigenvalue weighted by Crippen LogP contribution is -2.06. The standard InChI is InChI=1S/C11H20N4O2/c1-2-13-9-8-10(15-11(12)14-9)17-7-5-3-4-6-16/h8,16H,2-7H2,1H3,(H3,12,13,14,15). The van der Waals surface area contributed by atoms with Gasteiger partial charge in [0.05, 0.1) is 6.61 Å². The van der Waals surface area contributed by atoms with Gasteiger partial charge in [0.1, 0.15) is 5.82 Å². The third kappa shape index (κ3) is 5.35. The lowest BCUT2D eigenvalue weighted by atomic mass is 10.2. The summed E-state index contributed by atoms with van der Waals surface area (Å²) in [6.07, 6.45) is 2.63. The Balaban J connectivity index is 2.41. The molecule has 0 amide bonds. The molecule has 1 heterocycles. The molecule has 0 saturated carbocycles. The second-order valence-electron chi connectivity index (χ2n) is 3.61. The Kier molecular flexibility index (Phi) is 6.09. The van der Waals surface area contributed by atoms with Crippen LogP contribution in [0.4, 0.5) is 11.8 Å². The number of nitrogens with two attached hydrogens (primary N) is 1. The average molecular weight is 240 g/mol. The molecule has 1 rings (SSSR count). The van der Waals surface area contributed by atoms with Crippen molar-refractivity contribution in [2.24, 2.45) is 0 Å². The summed E-state index contributed by atoms with van der Waals surface area (Å²) in [6, 6.07) is 1.73. The van der Waals surface area contributed by atoms with Crippen LogP contribution in [0, 0.1) is 0 Å². The van der Waals surface area contributed by atoms with Gasteiger partial charge in [-0.15, -0.1) is 0 Å². The zero-order valence-corrected chi connectivity index (χ0v) is 10.1. The number of ether oxygens (including phenoxy) is 1. The van der Waals surface area contributed by atoms with Gasteiger partial charge in [-0.25, -0.2) is 0 Å². The van der Waals surface area contributed by atoms with Crippen molar-refractivity contribution < 1.29 is 9.84 Å². The number of nitrogens with zero attached hydrogens (tertiary/aromatic N) is 2.